The first-order chi connectivity index (χ1) is 16.9. The van der Waals surface area contributed by atoms with Crippen molar-refractivity contribution in [2.24, 2.45) is 0 Å². The topological polar surface area (TPSA) is 58.6 Å². The molecule has 184 valence electrons. The molecular weight excluding hydrogens is 450 g/mol. The number of hydrogen-bond donors (Lipinski definition) is 1. The lowest BCUT2D eigenvalue weighted by molar-refractivity contribution is -0.143. The zero-order chi connectivity index (χ0) is 25.2. The highest BCUT2D eigenvalue weighted by atomic mass is 19.1. The molecule has 2 atom stereocenters. The number of rotatable bonds is 11. The third-order valence-electron chi connectivity index (χ3n) is 5.76. The van der Waals surface area contributed by atoms with E-state index in [0.717, 1.165) is 5.56 Å². The molecular formula is C28H30F2N2O3. The maximum absolute atomic E-state index is 14.6. The van der Waals surface area contributed by atoms with Crippen molar-refractivity contribution in [2.45, 2.75) is 45.3 Å². The number of nitrogens with zero attached hydrogens (tertiary/aromatic N) is 1. The highest BCUT2D eigenvalue weighted by Gasteiger charge is 2.31. The zero-order valence-corrected chi connectivity index (χ0v) is 19.9. The van der Waals surface area contributed by atoms with Crippen LogP contribution in [-0.2, 0) is 22.6 Å². The molecule has 0 saturated carbocycles. The second-order valence-electron chi connectivity index (χ2n) is 8.36. The molecule has 0 spiro atoms. The predicted octanol–water partition coefficient (Wildman–Crippen LogP) is 4.90. The van der Waals surface area contributed by atoms with Gasteiger partial charge in [-0.1, -0.05) is 67.6 Å². The number of nitrogens with one attached hydrogen (secondary N) is 1. The minimum Gasteiger partial charge on any atom is -0.481 e. The van der Waals surface area contributed by atoms with E-state index in [9.17, 15) is 18.4 Å². The summed E-state index contributed by atoms with van der Waals surface area (Å²) >= 11 is 0. The van der Waals surface area contributed by atoms with Gasteiger partial charge < -0.3 is 15.0 Å². The molecule has 0 unspecified atom stereocenters. The van der Waals surface area contributed by atoms with Gasteiger partial charge in [0.2, 0.25) is 5.91 Å². The van der Waals surface area contributed by atoms with E-state index in [2.05, 4.69) is 5.32 Å². The van der Waals surface area contributed by atoms with Crippen LogP contribution in [0, 0.1) is 11.6 Å². The molecule has 0 radical (unpaired) electrons. The average molecular weight is 481 g/mol. The van der Waals surface area contributed by atoms with Crippen molar-refractivity contribution >= 4 is 11.8 Å². The molecule has 3 rings (SSSR count). The number of ether oxygens (including phenoxy) is 1. The highest BCUT2D eigenvalue weighted by molar-refractivity contribution is 5.88. The molecule has 0 aliphatic rings. The van der Waals surface area contributed by atoms with Crippen molar-refractivity contribution in [1.82, 2.24) is 10.2 Å². The van der Waals surface area contributed by atoms with Crippen LogP contribution < -0.4 is 10.1 Å². The summed E-state index contributed by atoms with van der Waals surface area (Å²) in [5.41, 5.74) is 1.11. The summed E-state index contributed by atoms with van der Waals surface area (Å²) in [6.07, 6.45) is 0.935. The summed E-state index contributed by atoms with van der Waals surface area (Å²) < 4.78 is 34.0. The molecule has 0 saturated heterocycles. The average Bonchev–Trinajstić information content (AvgIpc) is 2.87. The molecule has 0 aromatic heterocycles. The Morgan fingerprint density at radius 2 is 1.54 bits per heavy atom. The van der Waals surface area contributed by atoms with E-state index >= 15 is 0 Å². The van der Waals surface area contributed by atoms with E-state index in [1.165, 1.54) is 29.2 Å². The number of hydrogen-bond acceptors (Lipinski definition) is 3. The monoisotopic (exact) mass is 480 g/mol. The molecule has 5 nitrogen and oxygen atoms in total. The van der Waals surface area contributed by atoms with Crippen LogP contribution in [0.15, 0.2) is 78.9 Å². The largest absolute Gasteiger partial charge is 0.481 e. The Hall–Kier alpha value is -3.74. The molecule has 35 heavy (non-hydrogen) atoms. The first-order valence-corrected chi connectivity index (χ1v) is 11.6. The fraction of sp³-hybridized carbons (Fsp3) is 0.286. The van der Waals surface area contributed by atoms with E-state index in [0.29, 0.717) is 6.42 Å². The lowest BCUT2D eigenvalue weighted by atomic mass is 10.0. The first-order valence-electron chi connectivity index (χ1n) is 11.6. The molecule has 0 bridgehead atoms. The Balaban J connectivity index is 1.93. The molecule has 1 N–H and O–H groups in total. The Morgan fingerprint density at radius 1 is 0.914 bits per heavy atom. The van der Waals surface area contributed by atoms with Gasteiger partial charge in [0, 0.05) is 24.6 Å². The molecule has 7 heteroatoms. The summed E-state index contributed by atoms with van der Waals surface area (Å²) in [5, 5.41) is 2.94. The van der Waals surface area contributed by atoms with Crippen LogP contribution in [0.4, 0.5) is 8.78 Å². The van der Waals surface area contributed by atoms with Crippen LogP contribution in [0.3, 0.4) is 0 Å². The molecule has 0 aliphatic carbocycles. The minimum absolute atomic E-state index is 0.0737. The fourth-order valence-electron chi connectivity index (χ4n) is 3.59. The number of amides is 2. The lowest BCUT2D eigenvalue weighted by Crippen LogP contribution is -2.53. The van der Waals surface area contributed by atoms with Crippen molar-refractivity contribution < 1.29 is 23.1 Å². The van der Waals surface area contributed by atoms with Crippen molar-refractivity contribution in [2.75, 3.05) is 6.61 Å². The van der Waals surface area contributed by atoms with Gasteiger partial charge in [0.25, 0.3) is 5.91 Å². The van der Waals surface area contributed by atoms with Gasteiger partial charge in [-0.15, -0.1) is 0 Å². The third-order valence-corrected chi connectivity index (χ3v) is 5.76. The van der Waals surface area contributed by atoms with Crippen molar-refractivity contribution in [3.8, 4) is 5.75 Å². The Morgan fingerprint density at radius 3 is 2.20 bits per heavy atom. The second kappa shape index (κ2) is 12.6. The van der Waals surface area contributed by atoms with Crippen molar-refractivity contribution in [3.05, 3.63) is 102 Å². The standard InChI is InChI=1S/C28H30F2N2O3/c1-3-20(2)31-28(34)25(17-21-11-5-4-6-12-21)32(18-22-13-7-8-14-23(22)29)27(33)19-35-26-16-10-9-15-24(26)30/h4-16,20,25H,3,17-19H2,1-2H3,(H,31,34)/t20-,25-/m1/s1. The number of benzene rings is 3. The van der Waals surface area contributed by atoms with Crippen LogP contribution in [0.2, 0.25) is 0 Å². The van der Waals surface area contributed by atoms with E-state index in [-0.39, 0.29) is 36.2 Å². The van der Waals surface area contributed by atoms with Crippen LogP contribution in [0.5, 0.6) is 5.75 Å². The van der Waals surface area contributed by atoms with Gasteiger partial charge in [-0.25, -0.2) is 8.78 Å². The van der Waals surface area contributed by atoms with E-state index in [4.69, 9.17) is 4.74 Å². The fourth-order valence-corrected chi connectivity index (χ4v) is 3.59. The SMILES string of the molecule is CC[C@@H](C)NC(=O)[C@@H](Cc1ccccc1)N(Cc1ccccc1F)C(=O)COc1ccccc1F. The Bertz CT molecular complexity index is 1120. The van der Waals surface area contributed by atoms with Gasteiger partial charge in [0.1, 0.15) is 11.9 Å². The van der Waals surface area contributed by atoms with E-state index in [1.54, 1.807) is 24.3 Å². The number of carbonyl (C=O) groups excluding carboxylic acids is 2. The number of halogens is 2. The zero-order valence-electron chi connectivity index (χ0n) is 19.9. The molecule has 2 amide bonds. The van der Waals surface area contributed by atoms with Gasteiger partial charge in [-0.2, -0.15) is 0 Å². The van der Waals surface area contributed by atoms with Crippen LogP contribution in [0.25, 0.3) is 0 Å². The highest BCUT2D eigenvalue weighted by Crippen LogP contribution is 2.19. The maximum Gasteiger partial charge on any atom is 0.261 e. The second-order valence-corrected chi connectivity index (χ2v) is 8.36. The summed E-state index contributed by atoms with van der Waals surface area (Å²) in [6.45, 7) is 3.18. The molecule has 3 aromatic rings. The number of carbonyl (C=O) groups is 2. The van der Waals surface area contributed by atoms with Gasteiger partial charge in [0.15, 0.2) is 18.2 Å². The first kappa shape index (κ1) is 25.9. The van der Waals surface area contributed by atoms with Gasteiger partial charge in [-0.3, -0.25) is 9.59 Å². The summed E-state index contributed by atoms with van der Waals surface area (Å²) in [7, 11) is 0. The normalized spacial score (nSPS) is 12.5. The quantitative estimate of drug-likeness (QED) is 0.425. The lowest BCUT2D eigenvalue weighted by Gasteiger charge is -2.32. The van der Waals surface area contributed by atoms with Gasteiger partial charge in [0.05, 0.1) is 0 Å². The van der Waals surface area contributed by atoms with Gasteiger partial charge in [-0.05, 0) is 37.1 Å². The third kappa shape index (κ3) is 7.37. The van der Waals surface area contributed by atoms with E-state index in [1.807, 2.05) is 44.2 Å². The summed E-state index contributed by atoms with van der Waals surface area (Å²) in [4.78, 5) is 28.1. The van der Waals surface area contributed by atoms with Crippen molar-refractivity contribution in [1.29, 1.82) is 0 Å². The van der Waals surface area contributed by atoms with Crippen LogP contribution in [-0.4, -0.2) is 35.4 Å². The van der Waals surface area contributed by atoms with Crippen LogP contribution in [0.1, 0.15) is 31.4 Å². The predicted molar refractivity (Wildman–Crippen MR) is 131 cm³/mol. The molecule has 0 heterocycles. The maximum atomic E-state index is 14.6. The summed E-state index contributed by atoms with van der Waals surface area (Å²) in [5.74, 6) is -2.07. The van der Waals surface area contributed by atoms with E-state index < -0.39 is 30.2 Å². The molecule has 3 aromatic carbocycles. The minimum atomic E-state index is -0.928. The van der Waals surface area contributed by atoms with Gasteiger partial charge >= 0.3 is 0 Å². The smallest absolute Gasteiger partial charge is 0.261 e. The number of para-hydroxylation sites is 1. The molecule has 0 fully saturated rings. The summed E-state index contributed by atoms with van der Waals surface area (Å²) in [6, 6.07) is 20.1. The van der Waals surface area contributed by atoms with Crippen molar-refractivity contribution in [3.63, 3.8) is 0 Å². The molecule has 0 aliphatic heterocycles. The van der Waals surface area contributed by atoms with Crippen LogP contribution >= 0.6 is 0 Å². The Labute approximate surface area is 204 Å². The Kier molecular flexibility index (Phi) is 9.35.